The van der Waals surface area contributed by atoms with Crippen molar-refractivity contribution in [3.05, 3.63) is 0 Å². The highest BCUT2D eigenvalue weighted by Crippen LogP contribution is 2.46. The topological polar surface area (TPSA) is 52.6 Å². The van der Waals surface area contributed by atoms with Crippen molar-refractivity contribution < 1.29 is 49.8 Å². The van der Waals surface area contributed by atoms with E-state index in [4.69, 9.17) is 4.74 Å². The second-order valence-corrected chi connectivity index (χ2v) is 6.99. The highest BCUT2D eigenvalue weighted by Gasteiger charge is 2.73. The van der Waals surface area contributed by atoms with Gasteiger partial charge in [-0.25, -0.2) is 0 Å². The highest BCUT2D eigenvalue weighted by atomic mass is 19.4. The Morgan fingerprint density at radius 2 is 1.10 bits per heavy atom. The van der Waals surface area contributed by atoms with Gasteiger partial charge < -0.3 is 9.47 Å². The number of alkyl halides is 7. The van der Waals surface area contributed by atoms with Crippen molar-refractivity contribution in [1.29, 1.82) is 0 Å². The van der Waals surface area contributed by atoms with E-state index in [0.29, 0.717) is 6.42 Å². The summed E-state index contributed by atoms with van der Waals surface area (Å²) in [5.74, 6) is -14.3. The first-order chi connectivity index (χ1) is 13.8. The van der Waals surface area contributed by atoms with Crippen molar-refractivity contribution >= 4 is 11.9 Å². The summed E-state index contributed by atoms with van der Waals surface area (Å²) < 4.78 is 95.7. The number of ether oxygens (including phenoxy) is 2. The van der Waals surface area contributed by atoms with Crippen LogP contribution in [-0.4, -0.2) is 43.2 Å². The van der Waals surface area contributed by atoms with Crippen molar-refractivity contribution in [3.8, 4) is 0 Å². The summed E-state index contributed by atoms with van der Waals surface area (Å²) in [6.45, 7) is -0.200. The molecule has 178 valence electrons. The Morgan fingerprint density at radius 3 is 1.57 bits per heavy atom. The molecule has 0 rings (SSSR count). The fourth-order valence-corrected chi connectivity index (χ4v) is 2.42. The maximum Gasteiger partial charge on any atom is 0.460 e. The van der Waals surface area contributed by atoms with Crippen molar-refractivity contribution in [3.63, 3.8) is 0 Å². The third kappa shape index (κ3) is 11.0. The van der Waals surface area contributed by atoms with Crippen molar-refractivity contribution in [2.45, 2.75) is 95.6 Å². The van der Waals surface area contributed by atoms with Crippen LogP contribution in [0.5, 0.6) is 0 Å². The summed E-state index contributed by atoms with van der Waals surface area (Å²) in [5.41, 5.74) is 0. The molecule has 0 atom stereocenters. The third-order valence-electron chi connectivity index (χ3n) is 4.27. The Hall–Kier alpha value is -1.55. The zero-order chi connectivity index (χ0) is 23.3. The highest BCUT2D eigenvalue weighted by molar-refractivity contribution is 5.77. The maximum atomic E-state index is 13.0. The Labute approximate surface area is 171 Å². The van der Waals surface area contributed by atoms with Crippen LogP contribution in [0.4, 0.5) is 30.7 Å². The van der Waals surface area contributed by atoms with Crippen LogP contribution in [-0.2, 0) is 19.1 Å². The molecule has 0 aromatic rings. The second-order valence-electron chi connectivity index (χ2n) is 6.99. The van der Waals surface area contributed by atoms with Crippen LogP contribution >= 0.6 is 0 Å². The number of unbranched alkanes of at least 4 members (excludes halogenated alkanes) is 8. The molecule has 0 aliphatic carbocycles. The van der Waals surface area contributed by atoms with Crippen LogP contribution in [0.3, 0.4) is 0 Å². The lowest BCUT2D eigenvalue weighted by molar-refractivity contribution is -0.359. The van der Waals surface area contributed by atoms with E-state index in [9.17, 15) is 40.3 Å². The molecule has 0 fully saturated rings. The third-order valence-corrected chi connectivity index (χ3v) is 4.27. The second kappa shape index (κ2) is 13.7. The molecule has 0 heterocycles. The zero-order valence-electron chi connectivity index (χ0n) is 17.0. The van der Waals surface area contributed by atoms with Gasteiger partial charge in [0.1, 0.15) is 0 Å². The van der Waals surface area contributed by atoms with Gasteiger partial charge in [0.25, 0.3) is 0 Å². The largest absolute Gasteiger partial charge is 0.466 e. The first-order valence-corrected chi connectivity index (χ1v) is 9.98. The number of carbonyl (C=O) groups excluding carboxylic acids is 2. The van der Waals surface area contributed by atoms with E-state index in [1.165, 1.54) is 25.7 Å². The van der Waals surface area contributed by atoms with Gasteiger partial charge in [-0.05, 0) is 6.42 Å². The van der Waals surface area contributed by atoms with Crippen molar-refractivity contribution in [1.82, 2.24) is 0 Å². The Bertz CT molecular complexity index is 508. The van der Waals surface area contributed by atoms with E-state index in [1.54, 1.807) is 0 Å². The molecule has 0 aliphatic heterocycles. The van der Waals surface area contributed by atoms with Gasteiger partial charge in [0.15, 0.2) is 6.61 Å². The van der Waals surface area contributed by atoms with Gasteiger partial charge in [0, 0.05) is 0 Å². The number of halogens is 7. The van der Waals surface area contributed by atoms with Crippen LogP contribution < -0.4 is 0 Å². The monoisotopic (exact) mass is 454 g/mol. The Kier molecular flexibility index (Phi) is 13.0. The summed E-state index contributed by atoms with van der Waals surface area (Å²) in [4.78, 5) is 22.7. The molecule has 11 heteroatoms. The van der Waals surface area contributed by atoms with Gasteiger partial charge in [-0.1, -0.05) is 58.3 Å². The van der Waals surface area contributed by atoms with Crippen LogP contribution in [0.15, 0.2) is 0 Å². The van der Waals surface area contributed by atoms with E-state index < -0.39 is 49.4 Å². The van der Waals surface area contributed by atoms with E-state index in [2.05, 4.69) is 11.7 Å². The van der Waals surface area contributed by atoms with E-state index in [0.717, 1.165) is 25.7 Å². The number of rotatable bonds is 16. The average Bonchev–Trinajstić information content (AvgIpc) is 2.65. The van der Waals surface area contributed by atoms with Crippen molar-refractivity contribution in [2.75, 3.05) is 13.2 Å². The van der Waals surface area contributed by atoms with Gasteiger partial charge in [-0.15, -0.1) is 0 Å². The standard InChI is InChI=1S/C19H29F7O4/c1-2-3-4-5-6-7-8-9-10-13-29-15(27)11-12-16(28)30-14-17(20,21)18(22,23)19(24,25)26/h2-14H2,1H3. The minimum absolute atomic E-state index is 0.111. The predicted octanol–water partition coefficient (Wildman–Crippen LogP) is 6.22. The van der Waals surface area contributed by atoms with Crippen LogP contribution in [0.25, 0.3) is 0 Å². The molecule has 0 unspecified atom stereocenters. The number of hydrogen-bond acceptors (Lipinski definition) is 4. The van der Waals surface area contributed by atoms with Gasteiger partial charge >= 0.3 is 30.0 Å². The maximum absolute atomic E-state index is 13.0. The fraction of sp³-hybridized carbons (Fsp3) is 0.895. The van der Waals surface area contributed by atoms with E-state index in [1.807, 2.05) is 0 Å². The normalized spacial score (nSPS) is 12.7. The number of carbonyl (C=O) groups is 2. The Morgan fingerprint density at radius 1 is 0.667 bits per heavy atom. The van der Waals surface area contributed by atoms with E-state index in [-0.39, 0.29) is 6.61 Å². The first-order valence-electron chi connectivity index (χ1n) is 9.98. The van der Waals surface area contributed by atoms with Crippen LogP contribution in [0.2, 0.25) is 0 Å². The van der Waals surface area contributed by atoms with Gasteiger partial charge in [0.2, 0.25) is 0 Å². The summed E-state index contributed by atoms with van der Waals surface area (Å²) >= 11 is 0. The SMILES string of the molecule is CCCCCCCCCCCOC(=O)CCC(=O)OCC(F)(F)C(F)(F)C(F)(F)F. The molecule has 0 aromatic carbocycles. The van der Waals surface area contributed by atoms with Crippen LogP contribution in [0.1, 0.15) is 77.6 Å². The summed E-state index contributed by atoms with van der Waals surface area (Å²) in [6, 6.07) is 0. The molecule has 0 N–H and O–H groups in total. The fourth-order valence-electron chi connectivity index (χ4n) is 2.42. The molecular weight excluding hydrogens is 425 g/mol. The van der Waals surface area contributed by atoms with Crippen LogP contribution in [0, 0.1) is 0 Å². The molecule has 0 saturated carbocycles. The minimum Gasteiger partial charge on any atom is -0.466 e. The molecule has 0 aromatic heterocycles. The number of hydrogen-bond donors (Lipinski definition) is 0. The zero-order valence-corrected chi connectivity index (χ0v) is 17.0. The molecule has 0 spiro atoms. The molecule has 0 bridgehead atoms. The lowest BCUT2D eigenvalue weighted by Crippen LogP contribution is -2.54. The van der Waals surface area contributed by atoms with Gasteiger partial charge in [0.05, 0.1) is 19.4 Å². The average molecular weight is 454 g/mol. The lowest BCUT2D eigenvalue weighted by Gasteiger charge is -2.27. The summed E-state index contributed by atoms with van der Waals surface area (Å²) in [7, 11) is 0. The molecule has 0 amide bonds. The molecule has 0 saturated heterocycles. The molecule has 4 nitrogen and oxygen atoms in total. The number of esters is 2. The molecule has 30 heavy (non-hydrogen) atoms. The predicted molar refractivity (Wildman–Crippen MR) is 94.3 cm³/mol. The quantitative estimate of drug-likeness (QED) is 0.158. The van der Waals surface area contributed by atoms with Gasteiger partial charge in [-0.3, -0.25) is 9.59 Å². The lowest BCUT2D eigenvalue weighted by atomic mass is 10.1. The minimum atomic E-state index is -6.50. The first kappa shape index (κ1) is 28.5. The smallest absolute Gasteiger partial charge is 0.460 e. The Balaban J connectivity index is 3.88. The summed E-state index contributed by atoms with van der Waals surface area (Å²) in [5, 5.41) is 0. The molecule has 0 radical (unpaired) electrons. The van der Waals surface area contributed by atoms with Crippen molar-refractivity contribution in [2.24, 2.45) is 0 Å². The van der Waals surface area contributed by atoms with Gasteiger partial charge in [-0.2, -0.15) is 30.7 Å². The molecule has 0 aliphatic rings. The van der Waals surface area contributed by atoms with E-state index >= 15 is 0 Å². The summed E-state index contributed by atoms with van der Waals surface area (Å²) in [6.07, 6.45) is 1.69. The molecular formula is C19H29F7O4.